The molecule has 0 unspecified atom stereocenters. The molecular formula is C21H23NO5. The molecule has 6 nitrogen and oxygen atoms in total. The first-order valence-corrected chi connectivity index (χ1v) is 8.94. The van der Waals surface area contributed by atoms with Crippen LogP contribution in [-0.2, 0) is 25.6 Å². The highest BCUT2D eigenvalue weighted by molar-refractivity contribution is 6.15. The van der Waals surface area contributed by atoms with Crippen LogP contribution in [0, 0.1) is 0 Å². The molecule has 0 bridgehead atoms. The molecule has 1 aliphatic rings. The highest BCUT2D eigenvalue weighted by Gasteiger charge is 2.38. The number of hydrogen-bond acceptors (Lipinski definition) is 6. The van der Waals surface area contributed by atoms with E-state index in [4.69, 9.17) is 14.2 Å². The minimum Gasteiger partial charge on any atom is -0.493 e. The van der Waals surface area contributed by atoms with Gasteiger partial charge in [-0.3, -0.25) is 0 Å². The molecule has 2 aromatic rings. The van der Waals surface area contributed by atoms with Gasteiger partial charge in [-0.2, -0.15) is 0 Å². The maximum atomic E-state index is 12.0. The lowest BCUT2D eigenvalue weighted by molar-refractivity contribution is -0.222. The van der Waals surface area contributed by atoms with E-state index in [1.54, 1.807) is 0 Å². The van der Waals surface area contributed by atoms with Crippen LogP contribution in [0.25, 0.3) is 10.8 Å². The summed E-state index contributed by atoms with van der Waals surface area (Å²) in [5, 5.41) is 5.17. The third-order valence-electron chi connectivity index (χ3n) is 4.05. The van der Waals surface area contributed by atoms with Gasteiger partial charge >= 0.3 is 11.9 Å². The molecule has 6 heteroatoms. The van der Waals surface area contributed by atoms with E-state index < -0.39 is 17.7 Å². The normalized spacial score (nSPS) is 15.9. The van der Waals surface area contributed by atoms with Crippen LogP contribution < -0.4 is 10.1 Å². The molecule has 1 aliphatic heterocycles. The number of carbonyl (C=O) groups excluding carboxylic acids is 2. The number of benzene rings is 2. The van der Waals surface area contributed by atoms with E-state index in [1.165, 1.54) is 20.0 Å². The third kappa shape index (κ3) is 4.39. The summed E-state index contributed by atoms with van der Waals surface area (Å²) in [4.78, 5) is 24.0. The van der Waals surface area contributed by atoms with Crippen LogP contribution in [-0.4, -0.2) is 24.3 Å². The fraction of sp³-hybridized carbons (Fsp3) is 0.333. The van der Waals surface area contributed by atoms with E-state index >= 15 is 0 Å². The van der Waals surface area contributed by atoms with Crippen molar-refractivity contribution in [2.45, 2.75) is 39.5 Å². The topological polar surface area (TPSA) is 73.9 Å². The quantitative estimate of drug-likeness (QED) is 0.478. The number of nitrogens with one attached hydrogen (secondary N) is 1. The van der Waals surface area contributed by atoms with Gasteiger partial charge in [0.15, 0.2) is 5.57 Å². The Morgan fingerprint density at radius 3 is 2.33 bits per heavy atom. The van der Waals surface area contributed by atoms with E-state index in [9.17, 15) is 9.59 Å². The largest absolute Gasteiger partial charge is 0.493 e. The van der Waals surface area contributed by atoms with Crippen molar-refractivity contribution in [2.24, 2.45) is 0 Å². The Morgan fingerprint density at radius 1 is 1.07 bits per heavy atom. The standard InChI is InChI=1S/C21H23NO5/c1-4-9-25-18-11-15-8-6-5-7-14(15)10-16(18)12-22-13-17-19(23)26-21(2,3)27-20(17)24/h5-8,10-11,13,22H,4,9,12H2,1-3H3. The monoisotopic (exact) mass is 369 g/mol. The minimum absolute atomic E-state index is 0.161. The zero-order valence-corrected chi connectivity index (χ0v) is 15.7. The van der Waals surface area contributed by atoms with Crippen molar-refractivity contribution in [3.8, 4) is 5.75 Å². The van der Waals surface area contributed by atoms with E-state index in [-0.39, 0.29) is 5.57 Å². The summed E-state index contributed by atoms with van der Waals surface area (Å²) >= 11 is 0. The average molecular weight is 369 g/mol. The van der Waals surface area contributed by atoms with Crippen molar-refractivity contribution < 1.29 is 23.8 Å². The molecule has 0 atom stereocenters. The van der Waals surface area contributed by atoms with Crippen molar-refractivity contribution in [1.29, 1.82) is 0 Å². The minimum atomic E-state index is -1.25. The van der Waals surface area contributed by atoms with Gasteiger partial charge in [-0.05, 0) is 29.3 Å². The maximum Gasteiger partial charge on any atom is 0.350 e. The predicted molar refractivity (Wildman–Crippen MR) is 101 cm³/mol. The molecule has 2 aromatic carbocycles. The fourth-order valence-electron chi connectivity index (χ4n) is 2.79. The van der Waals surface area contributed by atoms with Gasteiger partial charge in [0.1, 0.15) is 5.75 Å². The van der Waals surface area contributed by atoms with Gasteiger partial charge in [0.2, 0.25) is 0 Å². The first-order chi connectivity index (χ1) is 12.9. The predicted octanol–water partition coefficient (Wildman–Crippen LogP) is 3.44. The molecule has 0 amide bonds. The molecule has 27 heavy (non-hydrogen) atoms. The number of carbonyl (C=O) groups is 2. The van der Waals surface area contributed by atoms with E-state index in [0.717, 1.165) is 28.5 Å². The summed E-state index contributed by atoms with van der Waals surface area (Å²) in [5.41, 5.74) is 0.767. The highest BCUT2D eigenvalue weighted by Crippen LogP contribution is 2.27. The van der Waals surface area contributed by atoms with Gasteiger partial charge in [0, 0.05) is 32.2 Å². The molecule has 0 saturated carbocycles. The number of esters is 2. The fourth-order valence-corrected chi connectivity index (χ4v) is 2.79. The zero-order valence-electron chi connectivity index (χ0n) is 15.7. The molecule has 1 heterocycles. The zero-order chi connectivity index (χ0) is 19.4. The Bertz CT molecular complexity index is 879. The molecular weight excluding hydrogens is 346 g/mol. The molecule has 142 valence electrons. The smallest absolute Gasteiger partial charge is 0.350 e. The second-order valence-corrected chi connectivity index (χ2v) is 6.77. The van der Waals surface area contributed by atoms with Crippen LogP contribution in [0.15, 0.2) is 48.2 Å². The second-order valence-electron chi connectivity index (χ2n) is 6.77. The SMILES string of the molecule is CCCOc1cc2ccccc2cc1CNC=C1C(=O)OC(C)(C)OC1=O. The Kier molecular flexibility index (Phi) is 5.35. The van der Waals surface area contributed by atoms with Gasteiger partial charge in [-0.1, -0.05) is 31.2 Å². The lowest BCUT2D eigenvalue weighted by Gasteiger charge is -2.29. The van der Waals surface area contributed by atoms with Crippen molar-refractivity contribution in [3.05, 3.63) is 53.7 Å². The molecule has 3 rings (SSSR count). The van der Waals surface area contributed by atoms with Gasteiger partial charge in [0.05, 0.1) is 6.61 Å². The molecule has 0 aromatic heterocycles. The molecule has 0 radical (unpaired) electrons. The summed E-state index contributed by atoms with van der Waals surface area (Å²) in [6.45, 7) is 6.07. The number of hydrogen-bond donors (Lipinski definition) is 1. The first-order valence-electron chi connectivity index (χ1n) is 8.94. The molecule has 1 fully saturated rings. The van der Waals surface area contributed by atoms with Crippen LogP contribution in [0.3, 0.4) is 0 Å². The lowest BCUT2D eigenvalue weighted by Crippen LogP contribution is -2.42. The third-order valence-corrected chi connectivity index (χ3v) is 4.05. The first kappa shape index (κ1) is 18.8. The summed E-state index contributed by atoms with van der Waals surface area (Å²) < 4.78 is 16.0. The average Bonchev–Trinajstić information content (AvgIpc) is 2.61. The number of rotatable bonds is 6. The Labute approximate surface area is 158 Å². The van der Waals surface area contributed by atoms with Gasteiger partial charge in [0.25, 0.3) is 5.79 Å². The second kappa shape index (κ2) is 7.70. The molecule has 0 aliphatic carbocycles. The van der Waals surface area contributed by atoms with Crippen molar-refractivity contribution in [3.63, 3.8) is 0 Å². The molecule has 1 N–H and O–H groups in total. The summed E-state index contributed by atoms with van der Waals surface area (Å²) in [7, 11) is 0. The van der Waals surface area contributed by atoms with Crippen LogP contribution in [0.1, 0.15) is 32.8 Å². The maximum absolute atomic E-state index is 12.0. The van der Waals surface area contributed by atoms with Crippen LogP contribution in [0.2, 0.25) is 0 Å². The molecule has 1 saturated heterocycles. The van der Waals surface area contributed by atoms with E-state index in [2.05, 4.69) is 5.32 Å². The molecule has 0 spiro atoms. The Hall–Kier alpha value is -3.02. The summed E-state index contributed by atoms with van der Waals surface area (Å²) in [5.74, 6) is -1.88. The number of fused-ring (bicyclic) bond motifs is 1. The van der Waals surface area contributed by atoms with Crippen LogP contribution >= 0.6 is 0 Å². The van der Waals surface area contributed by atoms with Crippen LogP contribution in [0.4, 0.5) is 0 Å². The van der Waals surface area contributed by atoms with E-state index in [1.807, 2.05) is 43.3 Å². The van der Waals surface area contributed by atoms with Crippen LogP contribution in [0.5, 0.6) is 5.75 Å². The van der Waals surface area contributed by atoms with Crippen molar-refractivity contribution in [1.82, 2.24) is 5.32 Å². The van der Waals surface area contributed by atoms with E-state index in [0.29, 0.717) is 13.2 Å². The number of cyclic esters (lactones) is 2. The van der Waals surface area contributed by atoms with Crippen molar-refractivity contribution in [2.75, 3.05) is 6.61 Å². The van der Waals surface area contributed by atoms with Crippen molar-refractivity contribution >= 4 is 22.7 Å². The summed E-state index contributed by atoms with van der Waals surface area (Å²) in [6, 6.07) is 12.1. The van der Waals surface area contributed by atoms with Gasteiger partial charge in [-0.15, -0.1) is 0 Å². The Balaban J connectivity index is 1.79. The summed E-state index contributed by atoms with van der Waals surface area (Å²) in [6.07, 6.45) is 2.23. The number of ether oxygens (including phenoxy) is 3. The lowest BCUT2D eigenvalue weighted by atomic mass is 10.1. The Morgan fingerprint density at radius 2 is 1.70 bits per heavy atom. The highest BCUT2D eigenvalue weighted by atomic mass is 16.7. The van der Waals surface area contributed by atoms with Gasteiger partial charge < -0.3 is 19.5 Å². The van der Waals surface area contributed by atoms with Gasteiger partial charge in [-0.25, -0.2) is 9.59 Å².